The van der Waals surface area contributed by atoms with Crippen LogP contribution < -0.4 is 19.4 Å². The van der Waals surface area contributed by atoms with E-state index < -0.39 is 22.0 Å². The highest BCUT2D eigenvalue weighted by atomic mass is 16.5. The molecule has 646 valence electrons. The van der Waals surface area contributed by atoms with Crippen LogP contribution >= 0.6 is 0 Å². The van der Waals surface area contributed by atoms with Crippen LogP contribution in [0.4, 0.5) is 51.2 Å². The average Bonchev–Trinajstić information content (AvgIpc) is 0.698. The summed E-state index contributed by atoms with van der Waals surface area (Å²) in [6.07, 6.45) is 15.0. The van der Waals surface area contributed by atoms with Crippen molar-refractivity contribution in [2.45, 2.75) is 172 Å². The molecule has 19 rings (SSSR count). The fraction of sp³-hybridized carbons (Fsp3) is 0.210. The van der Waals surface area contributed by atoms with Crippen LogP contribution in [0.3, 0.4) is 0 Å². The topological polar surface area (TPSA) is 37.4 Å². The first-order chi connectivity index (χ1) is 62.8. The van der Waals surface area contributed by atoms with Crippen molar-refractivity contribution in [1.82, 2.24) is 0 Å². The lowest BCUT2D eigenvalue weighted by Crippen LogP contribution is -2.64. The van der Waals surface area contributed by atoms with Gasteiger partial charge in [0.05, 0.1) is 52.8 Å². The lowest BCUT2D eigenvalue weighted by molar-refractivity contribution is -0.164. The molecule has 2 atom stereocenters. The largest absolute Gasteiger partial charge is 0.489 e. The molecule has 0 spiro atoms. The fourth-order valence-corrected chi connectivity index (χ4v) is 22.2. The molecule has 17 aromatic rings. The Balaban J connectivity index is 0.689. The van der Waals surface area contributed by atoms with Gasteiger partial charge in [-0.1, -0.05) is 286 Å². The van der Waals surface area contributed by atoms with Crippen molar-refractivity contribution in [1.29, 1.82) is 0 Å². The molecule has 0 heterocycles. The first kappa shape index (κ1) is 85.8. The van der Waals surface area contributed by atoms with Crippen LogP contribution in [0.2, 0.25) is 0 Å². The Kier molecular flexibility index (Phi) is 22.7. The number of para-hydroxylation sites is 1. The number of anilines is 9. The molecule has 0 saturated carbocycles. The molecule has 0 N–H and O–H groups in total. The van der Waals surface area contributed by atoms with Gasteiger partial charge in [0, 0.05) is 73.2 Å². The summed E-state index contributed by atoms with van der Waals surface area (Å²) in [6, 6.07) is 113. The second-order valence-electron chi connectivity index (χ2n) is 38.0. The maximum atomic E-state index is 8.12. The summed E-state index contributed by atoms with van der Waals surface area (Å²) in [5, 5.41) is 15.0. The summed E-state index contributed by atoms with van der Waals surface area (Å²) in [6.45, 7) is 39.4. The molecule has 0 fully saturated rings. The minimum atomic E-state index is -0.985. The molecule has 0 aromatic heterocycles. The van der Waals surface area contributed by atoms with Crippen LogP contribution in [-0.2, 0) is 40.1 Å². The van der Waals surface area contributed by atoms with Crippen molar-refractivity contribution < 1.29 is 14.2 Å². The Labute approximate surface area is 768 Å². The molecular weight excluding hydrogens is 1580 g/mol. The molecule has 17 aromatic carbocycles. The van der Waals surface area contributed by atoms with Gasteiger partial charge in [-0.05, 0) is 310 Å². The lowest BCUT2D eigenvalue weighted by atomic mass is 9.54. The lowest BCUT2D eigenvalue weighted by Gasteiger charge is -2.58. The molecule has 0 radical (unpaired) electrons. The highest BCUT2D eigenvalue weighted by Gasteiger charge is 2.62. The Morgan fingerprint density at radius 3 is 0.808 bits per heavy atom. The van der Waals surface area contributed by atoms with Gasteiger partial charge in [0.1, 0.15) is 23.6 Å². The molecule has 130 heavy (non-hydrogen) atoms. The third-order valence-corrected chi connectivity index (χ3v) is 29.0. The van der Waals surface area contributed by atoms with Crippen LogP contribution in [0, 0.1) is 83.1 Å². The summed E-state index contributed by atoms with van der Waals surface area (Å²) in [5.41, 5.74) is 30.8. The monoisotopic (exact) mass is 1700 g/mol. The summed E-state index contributed by atoms with van der Waals surface area (Å²) in [7, 11) is 0. The average molecular weight is 1700 g/mol. The Bertz CT molecular complexity index is 6850. The normalized spacial score (nSPS) is 15.7. The Hall–Kier alpha value is -13.6. The van der Waals surface area contributed by atoms with Crippen LogP contribution in [0.15, 0.2) is 351 Å². The number of hydrogen-bond acceptors (Lipinski definition) is 6. The third kappa shape index (κ3) is 15.1. The number of rotatable bonds is 23. The molecule has 0 amide bonds. The van der Waals surface area contributed by atoms with Gasteiger partial charge in [0.15, 0.2) is 0 Å². The first-order valence-electron chi connectivity index (χ1n) is 46.2. The van der Waals surface area contributed by atoms with E-state index in [1.54, 1.807) is 0 Å². The van der Waals surface area contributed by atoms with Gasteiger partial charge < -0.3 is 28.9 Å². The minimum absolute atomic E-state index is 0.324. The number of hydrogen-bond donors (Lipinski definition) is 0. The number of ether oxygens (including phenoxy) is 3. The van der Waals surface area contributed by atoms with Crippen LogP contribution in [0.5, 0.6) is 5.75 Å². The summed E-state index contributed by atoms with van der Waals surface area (Å²) in [5.74, 6) is 0.843. The molecule has 2 unspecified atom stereocenters. The van der Waals surface area contributed by atoms with Crippen molar-refractivity contribution >= 4 is 116 Å². The summed E-state index contributed by atoms with van der Waals surface area (Å²) in [4.78, 5) is 7.41. The fourth-order valence-electron chi connectivity index (χ4n) is 22.2. The molecular formula is C124H117N3O3. The van der Waals surface area contributed by atoms with E-state index in [0.717, 1.165) is 90.3 Å². The van der Waals surface area contributed by atoms with E-state index in [0.29, 0.717) is 32.7 Å². The van der Waals surface area contributed by atoms with Crippen molar-refractivity contribution in [3.63, 3.8) is 0 Å². The number of benzene rings is 17. The molecule has 0 aliphatic heterocycles. The van der Waals surface area contributed by atoms with E-state index in [1.807, 2.05) is 0 Å². The van der Waals surface area contributed by atoms with Crippen molar-refractivity contribution in [3.8, 4) is 5.75 Å². The smallest absolute Gasteiger partial charge is 0.123 e. The van der Waals surface area contributed by atoms with Gasteiger partial charge in [-0.2, -0.15) is 0 Å². The van der Waals surface area contributed by atoms with Crippen molar-refractivity contribution in [2.75, 3.05) is 14.7 Å². The second kappa shape index (κ2) is 34.4. The Morgan fingerprint density at radius 2 is 0.523 bits per heavy atom. The maximum Gasteiger partial charge on any atom is 0.123 e. The van der Waals surface area contributed by atoms with Gasteiger partial charge in [-0.25, -0.2) is 0 Å². The SMILES string of the molecule is CC1=CC=CC(OCc2ccc(N(c3ccc(C)c4c(C)cccc34)c3ccc(C)c4c(C)cccc34)cc2)(C(C)(c2ccc(C(C)(C)c3ccccc3OCc3ccc(N(c4ccc(C)c5c(C)cccc45)c4ccc(C)c5c(C)cccc45)cc3)cc2)C2(OCc3ccc(N(c4ccc(C)c5c(C)cccc45)c4ccc(C)c5c(C)cccc45)cc3)C=CC=C(C)C2)C1. The van der Waals surface area contributed by atoms with Crippen molar-refractivity contribution in [2.24, 2.45) is 0 Å². The molecule has 0 bridgehead atoms. The molecule has 2 aliphatic carbocycles. The van der Waals surface area contributed by atoms with Gasteiger partial charge in [0.25, 0.3) is 0 Å². The van der Waals surface area contributed by atoms with E-state index in [2.05, 4.69) is 472 Å². The zero-order valence-electron chi connectivity index (χ0n) is 78.4. The van der Waals surface area contributed by atoms with Crippen LogP contribution in [-0.4, -0.2) is 11.2 Å². The molecule has 2 aliphatic rings. The number of fused-ring (bicyclic) bond motifs is 6. The summed E-state index contributed by atoms with van der Waals surface area (Å²) < 4.78 is 23.3. The van der Waals surface area contributed by atoms with E-state index in [1.165, 1.54) is 143 Å². The third-order valence-electron chi connectivity index (χ3n) is 29.0. The zero-order valence-corrected chi connectivity index (χ0v) is 78.4. The number of allylic oxidation sites excluding steroid dienone is 4. The van der Waals surface area contributed by atoms with E-state index in [4.69, 9.17) is 14.2 Å². The van der Waals surface area contributed by atoms with E-state index >= 15 is 0 Å². The minimum Gasteiger partial charge on any atom is -0.489 e. The predicted octanol–water partition coefficient (Wildman–Crippen LogP) is 33.6. The number of nitrogens with zero attached hydrogens (tertiary/aromatic N) is 3. The highest BCUT2D eigenvalue weighted by Crippen LogP contribution is 2.58. The molecule has 0 saturated heterocycles. The quantitative estimate of drug-likeness (QED) is 0.0635. The standard InChI is InChI=1S/C124H117N3O3/c1-79-28-26-72-123(74-79,129-77-94-52-62-99(63-53-94)126(110-68-46-89(11)117-83(5)32-22-38-103(110)117)111-69-47-90(12)118-84(6)33-23-39-104(111)118)122(17,124(73-27-29-80(2)75-124)130-78-95-54-64-100(65-55-95)127(112-70-48-91(13)119-85(7)34-24-40-105(112)119)113-71-49-92(14)120-86(8)35-25-41-106(113)120)97-58-56-96(57-59-97)121(15,16)107-42-18-19-43-114(107)128-76-93-50-60-98(61-51-93)125(108-66-44-87(9)115-81(3)30-20-36-101(108)115)109-67-45-88(10)116-82(4)31-21-37-102(109)116/h18-73H,74-78H2,1-17H3. The van der Waals surface area contributed by atoms with Crippen LogP contribution in [0.1, 0.15) is 148 Å². The summed E-state index contributed by atoms with van der Waals surface area (Å²) >= 11 is 0. The second-order valence-corrected chi connectivity index (χ2v) is 38.0. The maximum absolute atomic E-state index is 8.12. The van der Waals surface area contributed by atoms with Gasteiger partial charge in [0.2, 0.25) is 0 Å². The van der Waals surface area contributed by atoms with Crippen LogP contribution in [0.25, 0.3) is 64.6 Å². The zero-order chi connectivity index (χ0) is 90.2. The van der Waals surface area contributed by atoms with Gasteiger partial charge in [-0.3, -0.25) is 0 Å². The van der Waals surface area contributed by atoms with E-state index in [-0.39, 0.29) is 0 Å². The highest BCUT2D eigenvalue weighted by molar-refractivity contribution is 6.11. The van der Waals surface area contributed by atoms with Crippen molar-refractivity contribution in [3.05, 3.63) is 451 Å². The van der Waals surface area contributed by atoms with Gasteiger partial charge >= 0.3 is 0 Å². The van der Waals surface area contributed by atoms with E-state index in [9.17, 15) is 0 Å². The Morgan fingerprint density at radius 1 is 0.262 bits per heavy atom. The molecule has 6 heteroatoms. The first-order valence-corrected chi connectivity index (χ1v) is 46.2. The van der Waals surface area contributed by atoms with Gasteiger partial charge in [-0.15, -0.1) is 0 Å². The molecule has 6 nitrogen and oxygen atoms in total. The predicted molar refractivity (Wildman–Crippen MR) is 552 cm³/mol. The number of aryl methyl sites for hydroxylation is 12.